The average molecular weight is 303 g/mol. The highest BCUT2D eigenvalue weighted by molar-refractivity contribution is 5.76. The Bertz CT molecular complexity index is 547. The maximum absolute atomic E-state index is 12.1. The van der Waals surface area contributed by atoms with Gasteiger partial charge < -0.3 is 14.8 Å². The lowest BCUT2D eigenvalue weighted by atomic mass is 9.95. The van der Waals surface area contributed by atoms with E-state index in [1.807, 2.05) is 32.0 Å². The standard InChI is InChI=1S/C18H25NO3/c1-18(2)21-15-10-8-13(12-16(15)22-18)9-11-17(20)19-14-6-4-3-5-7-14/h8,10,12,14H,3-7,9,11H2,1-2H3,(H,19,20). The first-order chi connectivity index (χ1) is 10.5. The predicted octanol–water partition coefficient (Wildman–Crippen LogP) is 3.58. The van der Waals surface area contributed by atoms with E-state index in [4.69, 9.17) is 9.47 Å². The molecule has 1 fully saturated rings. The summed E-state index contributed by atoms with van der Waals surface area (Å²) < 4.78 is 11.4. The van der Waals surface area contributed by atoms with Crippen molar-refractivity contribution in [2.45, 2.75) is 70.6 Å². The third kappa shape index (κ3) is 3.73. The second-order valence-corrected chi connectivity index (χ2v) is 6.79. The van der Waals surface area contributed by atoms with Gasteiger partial charge in [0.15, 0.2) is 11.5 Å². The molecule has 0 saturated heterocycles. The summed E-state index contributed by atoms with van der Waals surface area (Å²) in [4.78, 5) is 12.1. The monoisotopic (exact) mass is 303 g/mol. The molecule has 0 spiro atoms. The largest absolute Gasteiger partial charge is 0.449 e. The lowest BCUT2D eigenvalue weighted by Gasteiger charge is -2.22. The summed E-state index contributed by atoms with van der Waals surface area (Å²) in [5, 5.41) is 3.16. The van der Waals surface area contributed by atoms with Gasteiger partial charge in [0.25, 0.3) is 0 Å². The van der Waals surface area contributed by atoms with Crippen LogP contribution in [0.4, 0.5) is 0 Å². The van der Waals surface area contributed by atoms with Gasteiger partial charge in [-0.1, -0.05) is 25.3 Å². The van der Waals surface area contributed by atoms with Crippen LogP contribution in [0.25, 0.3) is 0 Å². The van der Waals surface area contributed by atoms with Crippen LogP contribution in [0.15, 0.2) is 18.2 Å². The van der Waals surface area contributed by atoms with Crippen molar-refractivity contribution in [3.05, 3.63) is 23.8 Å². The summed E-state index contributed by atoms with van der Waals surface area (Å²) in [6.07, 6.45) is 7.30. The molecule has 1 aliphatic heterocycles. The lowest BCUT2D eigenvalue weighted by molar-refractivity contribution is -0.122. The van der Waals surface area contributed by atoms with Crippen LogP contribution in [0, 0.1) is 0 Å². The van der Waals surface area contributed by atoms with E-state index < -0.39 is 5.79 Å². The highest BCUT2D eigenvalue weighted by Crippen LogP contribution is 2.39. The first-order valence-electron chi connectivity index (χ1n) is 8.32. The number of amides is 1. The Hall–Kier alpha value is -1.71. The number of carbonyl (C=O) groups excluding carboxylic acids is 1. The molecule has 0 bridgehead atoms. The second-order valence-electron chi connectivity index (χ2n) is 6.79. The summed E-state index contributed by atoms with van der Waals surface area (Å²) >= 11 is 0. The van der Waals surface area contributed by atoms with Gasteiger partial charge in [0, 0.05) is 26.3 Å². The molecule has 4 heteroatoms. The summed E-state index contributed by atoms with van der Waals surface area (Å²) in [6, 6.07) is 6.31. The molecule has 3 rings (SSSR count). The lowest BCUT2D eigenvalue weighted by Crippen LogP contribution is -2.36. The van der Waals surface area contributed by atoms with Crippen molar-refractivity contribution in [1.82, 2.24) is 5.32 Å². The van der Waals surface area contributed by atoms with Crippen LogP contribution in [0.2, 0.25) is 0 Å². The van der Waals surface area contributed by atoms with Crippen molar-refractivity contribution in [3.8, 4) is 11.5 Å². The van der Waals surface area contributed by atoms with Gasteiger partial charge >= 0.3 is 0 Å². The van der Waals surface area contributed by atoms with E-state index in [1.165, 1.54) is 19.3 Å². The molecule has 1 amide bonds. The van der Waals surface area contributed by atoms with E-state index in [0.29, 0.717) is 12.5 Å². The van der Waals surface area contributed by atoms with Crippen molar-refractivity contribution in [2.24, 2.45) is 0 Å². The molecule has 4 nitrogen and oxygen atoms in total. The molecular weight excluding hydrogens is 278 g/mol. The average Bonchev–Trinajstić information content (AvgIpc) is 2.79. The van der Waals surface area contributed by atoms with E-state index >= 15 is 0 Å². The molecule has 1 N–H and O–H groups in total. The van der Waals surface area contributed by atoms with Gasteiger partial charge in [-0.05, 0) is 37.0 Å². The number of nitrogens with one attached hydrogen (secondary N) is 1. The zero-order valence-electron chi connectivity index (χ0n) is 13.5. The normalized spacial score (nSPS) is 19.9. The molecule has 1 saturated carbocycles. The van der Waals surface area contributed by atoms with E-state index in [2.05, 4.69) is 5.32 Å². The summed E-state index contributed by atoms with van der Waals surface area (Å²) in [5.74, 6) is 1.11. The van der Waals surface area contributed by atoms with Crippen LogP contribution in [-0.2, 0) is 11.2 Å². The molecule has 1 aromatic carbocycles. The number of hydrogen-bond acceptors (Lipinski definition) is 3. The molecule has 22 heavy (non-hydrogen) atoms. The Balaban J connectivity index is 1.51. The van der Waals surface area contributed by atoms with Crippen LogP contribution in [0.5, 0.6) is 11.5 Å². The highest BCUT2D eigenvalue weighted by Gasteiger charge is 2.31. The first kappa shape index (κ1) is 15.2. The van der Waals surface area contributed by atoms with Crippen LogP contribution >= 0.6 is 0 Å². The number of ether oxygens (including phenoxy) is 2. The zero-order valence-corrected chi connectivity index (χ0v) is 13.5. The van der Waals surface area contributed by atoms with Gasteiger partial charge in [0.1, 0.15) is 0 Å². The zero-order chi connectivity index (χ0) is 15.6. The molecule has 2 aliphatic rings. The van der Waals surface area contributed by atoms with Crippen LogP contribution < -0.4 is 14.8 Å². The van der Waals surface area contributed by atoms with Crippen molar-refractivity contribution in [1.29, 1.82) is 0 Å². The summed E-state index contributed by atoms with van der Waals surface area (Å²) in [5.41, 5.74) is 1.11. The SMILES string of the molecule is CC1(C)Oc2ccc(CCC(=O)NC3CCCCC3)cc2O1. The Kier molecular flexibility index (Phi) is 4.27. The van der Waals surface area contributed by atoms with E-state index in [1.54, 1.807) is 0 Å². The molecule has 0 atom stereocenters. The molecular formula is C18H25NO3. The van der Waals surface area contributed by atoms with E-state index in [-0.39, 0.29) is 5.91 Å². The Morgan fingerprint density at radius 2 is 1.91 bits per heavy atom. The Morgan fingerprint density at radius 1 is 1.18 bits per heavy atom. The highest BCUT2D eigenvalue weighted by atomic mass is 16.7. The number of fused-ring (bicyclic) bond motifs is 1. The fourth-order valence-corrected chi connectivity index (χ4v) is 3.23. The van der Waals surface area contributed by atoms with Gasteiger partial charge in [0.05, 0.1) is 0 Å². The van der Waals surface area contributed by atoms with Gasteiger partial charge in [-0.2, -0.15) is 0 Å². The van der Waals surface area contributed by atoms with Crippen molar-refractivity contribution < 1.29 is 14.3 Å². The third-order valence-electron chi connectivity index (χ3n) is 4.33. The minimum Gasteiger partial charge on any atom is -0.449 e. The molecule has 1 heterocycles. The van der Waals surface area contributed by atoms with Gasteiger partial charge in [-0.25, -0.2) is 0 Å². The van der Waals surface area contributed by atoms with Crippen LogP contribution in [0.3, 0.4) is 0 Å². The van der Waals surface area contributed by atoms with Crippen molar-refractivity contribution in [2.75, 3.05) is 0 Å². The summed E-state index contributed by atoms with van der Waals surface area (Å²) in [6.45, 7) is 3.79. The number of aryl methyl sites for hydroxylation is 1. The smallest absolute Gasteiger partial charge is 0.246 e. The van der Waals surface area contributed by atoms with Crippen molar-refractivity contribution >= 4 is 5.91 Å². The first-order valence-corrected chi connectivity index (χ1v) is 8.32. The fraction of sp³-hybridized carbons (Fsp3) is 0.611. The minimum atomic E-state index is -0.598. The number of rotatable bonds is 4. The van der Waals surface area contributed by atoms with E-state index in [9.17, 15) is 4.79 Å². The maximum Gasteiger partial charge on any atom is 0.246 e. The van der Waals surface area contributed by atoms with Crippen molar-refractivity contribution in [3.63, 3.8) is 0 Å². The Labute approximate surface area is 132 Å². The topological polar surface area (TPSA) is 47.6 Å². The quantitative estimate of drug-likeness (QED) is 0.925. The molecule has 0 unspecified atom stereocenters. The molecule has 0 aromatic heterocycles. The number of hydrogen-bond donors (Lipinski definition) is 1. The predicted molar refractivity (Wildman–Crippen MR) is 85.1 cm³/mol. The Morgan fingerprint density at radius 3 is 2.68 bits per heavy atom. The fourth-order valence-electron chi connectivity index (χ4n) is 3.23. The molecule has 1 aliphatic carbocycles. The van der Waals surface area contributed by atoms with E-state index in [0.717, 1.165) is 36.3 Å². The molecule has 1 aromatic rings. The van der Waals surface area contributed by atoms with Crippen LogP contribution in [0.1, 0.15) is 57.9 Å². The second kappa shape index (κ2) is 6.19. The summed E-state index contributed by atoms with van der Waals surface area (Å²) in [7, 11) is 0. The maximum atomic E-state index is 12.1. The van der Waals surface area contributed by atoms with Crippen LogP contribution in [-0.4, -0.2) is 17.7 Å². The van der Waals surface area contributed by atoms with Gasteiger partial charge in [-0.3, -0.25) is 4.79 Å². The molecule has 0 radical (unpaired) electrons. The minimum absolute atomic E-state index is 0.157. The molecule has 120 valence electrons. The number of benzene rings is 1. The van der Waals surface area contributed by atoms with Gasteiger partial charge in [0.2, 0.25) is 11.7 Å². The third-order valence-corrected chi connectivity index (χ3v) is 4.33. The number of carbonyl (C=O) groups is 1. The van der Waals surface area contributed by atoms with Gasteiger partial charge in [-0.15, -0.1) is 0 Å².